The third-order valence-corrected chi connectivity index (χ3v) is 6.54. The maximum absolute atomic E-state index is 11.1. The third-order valence-electron chi connectivity index (χ3n) is 5.78. The Balaban J connectivity index is 1.63. The van der Waals surface area contributed by atoms with Crippen LogP contribution in [0, 0.1) is 10.1 Å². The number of nitro groups is 1. The van der Waals surface area contributed by atoms with Gasteiger partial charge >= 0.3 is 0 Å². The third kappa shape index (κ3) is 3.38. The highest BCUT2D eigenvalue weighted by atomic mass is 79.9. The molecule has 0 unspecified atom stereocenters. The van der Waals surface area contributed by atoms with E-state index < -0.39 is 10.6 Å². The van der Waals surface area contributed by atoms with Crippen LogP contribution in [0.25, 0.3) is 0 Å². The second-order valence-electron chi connectivity index (χ2n) is 7.69. The fourth-order valence-electron chi connectivity index (χ4n) is 4.18. The molecule has 0 radical (unpaired) electrons. The quantitative estimate of drug-likeness (QED) is 0.308. The lowest BCUT2D eigenvalue weighted by atomic mass is 9.92. The van der Waals surface area contributed by atoms with E-state index in [1.54, 1.807) is 18.2 Å². The Labute approximate surface area is 192 Å². The molecule has 2 heterocycles. The number of fused-ring (bicyclic) bond motifs is 3. The van der Waals surface area contributed by atoms with Crippen LogP contribution in [0.15, 0.2) is 76.3 Å². The number of hydrogen-bond donors (Lipinski definition) is 0. The molecule has 0 aliphatic carbocycles. The van der Waals surface area contributed by atoms with Gasteiger partial charge in [-0.25, -0.2) is 5.01 Å². The molecule has 3 aromatic carbocycles. The molecular formula is C23H17BrClN3O3. The minimum atomic E-state index is -0.933. The second-order valence-corrected chi connectivity index (χ2v) is 9.04. The molecule has 2 aliphatic heterocycles. The first-order valence-electron chi connectivity index (χ1n) is 9.71. The highest BCUT2D eigenvalue weighted by molar-refractivity contribution is 9.10. The Kier molecular flexibility index (Phi) is 4.75. The number of rotatable bonds is 3. The summed E-state index contributed by atoms with van der Waals surface area (Å²) in [4.78, 5) is 10.7. The van der Waals surface area contributed by atoms with Gasteiger partial charge in [-0.05, 0) is 48.0 Å². The highest BCUT2D eigenvalue weighted by Crippen LogP contribution is 2.51. The van der Waals surface area contributed by atoms with E-state index in [0.717, 1.165) is 32.6 Å². The molecule has 0 N–H and O–H groups in total. The zero-order chi connectivity index (χ0) is 21.8. The molecule has 0 saturated carbocycles. The van der Waals surface area contributed by atoms with Crippen LogP contribution in [0.1, 0.15) is 36.1 Å². The SMILES string of the molecule is C[C@]1(c2ccc([N+](=O)[O-])cc2)Oc2ccc(Cl)cc2[C@H]2CC(c3ccc(Br)cc3)=NN21. The van der Waals surface area contributed by atoms with Crippen LogP contribution in [0.4, 0.5) is 5.69 Å². The van der Waals surface area contributed by atoms with Crippen LogP contribution >= 0.6 is 27.5 Å². The van der Waals surface area contributed by atoms with Crippen molar-refractivity contribution in [2.45, 2.75) is 25.1 Å². The molecule has 8 heteroatoms. The van der Waals surface area contributed by atoms with Gasteiger partial charge in [-0.3, -0.25) is 10.1 Å². The van der Waals surface area contributed by atoms with Gasteiger partial charge in [0.15, 0.2) is 0 Å². The van der Waals surface area contributed by atoms with E-state index in [2.05, 4.69) is 15.9 Å². The van der Waals surface area contributed by atoms with E-state index in [4.69, 9.17) is 21.4 Å². The maximum Gasteiger partial charge on any atom is 0.269 e. The molecular weight excluding hydrogens is 482 g/mol. The van der Waals surface area contributed by atoms with Crippen molar-refractivity contribution in [1.29, 1.82) is 0 Å². The van der Waals surface area contributed by atoms with Crippen molar-refractivity contribution >= 4 is 38.9 Å². The van der Waals surface area contributed by atoms with Crippen molar-refractivity contribution in [3.05, 3.63) is 103 Å². The maximum atomic E-state index is 11.1. The summed E-state index contributed by atoms with van der Waals surface area (Å²) < 4.78 is 7.46. The number of ether oxygens (including phenoxy) is 1. The first kappa shape index (κ1) is 20.0. The molecule has 3 aromatic rings. The first-order chi connectivity index (χ1) is 14.8. The van der Waals surface area contributed by atoms with Crippen LogP contribution in [0.3, 0.4) is 0 Å². The number of non-ortho nitro benzene ring substituents is 1. The lowest BCUT2D eigenvalue weighted by Crippen LogP contribution is -2.48. The summed E-state index contributed by atoms with van der Waals surface area (Å²) in [6, 6.07) is 20.0. The van der Waals surface area contributed by atoms with Crippen LogP contribution in [-0.4, -0.2) is 15.6 Å². The van der Waals surface area contributed by atoms with Crippen molar-refractivity contribution in [3.8, 4) is 5.75 Å². The number of nitro benzene ring substituents is 1. The number of benzene rings is 3. The molecule has 0 bridgehead atoms. The number of hydrogen-bond acceptors (Lipinski definition) is 5. The van der Waals surface area contributed by atoms with Crippen molar-refractivity contribution < 1.29 is 9.66 Å². The van der Waals surface area contributed by atoms with Crippen molar-refractivity contribution in [1.82, 2.24) is 5.01 Å². The summed E-state index contributed by atoms with van der Waals surface area (Å²) >= 11 is 9.77. The molecule has 2 atom stereocenters. The molecule has 0 fully saturated rings. The van der Waals surface area contributed by atoms with Crippen LogP contribution in [0.2, 0.25) is 5.02 Å². The zero-order valence-corrected chi connectivity index (χ0v) is 18.8. The summed E-state index contributed by atoms with van der Waals surface area (Å²) in [7, 11) is 0. The molecule has 5 rings (SSSR count). The number of nitrogens with zero attached hydrogens (tertiary/aromatic N) is 3. The van der Waals surface area contributed by atoms with Gasteiger partial charge in [0.25, 0.3) is 5.69 Å². The van der Waals surface area contributed by atoms with E-state index in [9.17, 15) is 10.1 Å². The van der Waals surface area contributed by atoms with Gasteiger partial charge < -0.3 is 4.74 Å². The standard InChI is InChI=1S/C23H17BrClN3O3/c1-23(15-4-9-18(10-5-15)28(29)30)27-21(19-12-17(25)8-11-22(19)31-23)13-20(26-27)14-2-6-16(24)7-3-14/h2-12,21H,13H2,1H3/t21-,23-/m1/s1. The normalized spacial score (nSPS) is 21.7. The average molecular weight is 499 g/mol. The van der Waals surface area contributed by atoms with Gasteiger partial charge in [-0.2, -0.15) is 5.10 Å². The molecule has 0 saturated heterocycles. The summed E-state index contributed by atoms with van der Waals surface area (Å²) in [5, 5.41) is 18.6. The molecule has 0 spiro atoms. The first-order valence-corrected chi connectivity index (χ1v) is 10.9. The lowest BCUT2D eigenvalue weighted by Gasteiger charge is -2.46. The van der Waals surface area contributed by atoms with Crippen LogP contribution < -0.4 is 4.74 Å². The molecule has 2 aliphatic rings. The largest absolute Gasteiger partial charge is 0.462 e. The van der Waals surface area contributed by atoms with Gasteiger partial charge in [-0.15, -0.1) is 0 Å². The molecule has 0 aromatic heterocycles. The monoisotopic (exact) mass is 497 g/mol. The van der Waals surface area contributed by atoms with E-state index in [-0.39, 0.29) is 11.7 Å². The molecule has 156 valence electrons. The number of halogens is 2. The van der Waals surface area contributed by atoms with Crippen molar-refractivity contribution in [3.63, 3.8) is 0 Å². The summed E-state index contributed by atoms with van der Waals surface area (Å²) in [5.74, 6) is 0.735. The Morgan fingerprint density at radius 3 is 2.55 bits per heavy atom. The highest BCUT2D eigenvalue weighted by Gasteiger charge is 2.49. The predicted molar refractivity (Wildman–Crippen MR) is 122 cm³/mol. The Hall–Kier alpha value is -2.90. The summed E-state index contributed by atoms with van der Waals surface area (Å²) in [6.07, 6.45) is 0.695. The molecule has 6 nitrogen and oxygen atoms in total. The fourth-order valence-corrected chi connectivity index (χ4v) is 4.62. The lowest BCUT2D eigenvalue weighted by molar-refractivity contribution is -0.384. The van der Waals surface area contributed by atoms with Gasteiger partial charge in [0.05, 0.1) is 16.7 Å². The average Bonchev–Trinajstić information content (AvgIpc) is 3.22. The van der Waals surface area contributed by atoms with Gasteiger partial charge in [0.1, 0.15) is 5.75 Å². The molecule has 0 amide bonds. The van der Waals surface area contributed by atoms with E-state index in [0.29, 0.717) is 11.4 Å². The Bertz CT molecular complexity index is 1210. The minimum Gasteiger partial charge on any atom is -0.462 e. The van der Waals surface area contributed by atoms with Gasteiger partial charge in [0.2, 0.25) is 5.72 Å². The second kappa shape index (κ2) is 7.35. The summed E-state index contributed by atoms with van der Waals surface area (Å²) in [5.41, 5.74) is 2.84. The smallest absolute Gasteiger partial charge is 0.269 e. The van der Waals surface area contributed by atoms with E-state index >= 15 is 0 Å². The topological polar surface area (TPSA) is 68.0 Å². The number of hydrazone groups is 1. The fraction of sp³-hybridized carbons (Fsp3) is 0.174. The van der Waals surface area contributed by atoms with E-state index in [1.165, 1.54) is 12.1 Å². The zero-order valence-electron chi connectivity index (χ0n) is 16.5. The van der Waals surface area contributed by atoms with Gasteiger partial charge in [-0.1, -0.05) is 39.7 Å². The van der Waals surface area contributed by atoms with Crippen molar-refractivity contribution in [2.75, 3.05) is 0 Å². The summed E-state index contributed by atoms with van der Waals surface area (Å²) in [6.45, 7) is 1.94. The van der Waals surface area contributed by atoms with Gasteiger partial charge in [0, 0.05) is 46.1 Å². The Morgan fingerprint density at radius 1 is 1.16 bits per heavy atom. The molecule has 31 heavy (non-hydrogen) atoms. The van der Waals surface area contributed by atoms with E-state index in [1.807, 2.05) is 48.3 Å². The van der Waals surface area contributed by atoms with Crippen LogP contribution in [0.5, 0.6) is 5.75 Å². The minimum absolute atomic E-state index is 0.0346. The van der Waals surface area contributed by atoms with Crippen molar-refractivity contribution in [2.24, 2.45) is 5.10 Å². The predicted octanol–water partition coefficient (Wildman–Crippen LogP) is 6.43. The van der Waals surface area contributed by atoms with Crippen LogP contribution in [-0.2, 0) is 5.72 Å². The Morgan fingerprint density at radius 2 is 1.87 bits per heavy atom.